The topological polar surface area (TPSA) is 121 Å². The molecule has 12 heteroatoms. The maximum absolute atomic E-state index is 13.9. The Balaban J connectivity index is 1.60. The Bertz CT molecular complexity index is 1480. The van der Waals surface area contributed by atoms with Crippen LogP contribution in [0.2, 0.25) is 5.02 Å². The smallest absolute Gasteiger partial charge is 0.264 e. The van der Waals surface area contributed by atoms with Gasteiger partial charge in [0.1, 0.15) is 5.82 Å². The van der Waals surface area contributed by atoms with Crippen molar-refractivity contribution in [3.8, 4) is 11.1 Å². The third kappa shape index (κ3) is 8.29. The monoisotopic (exact) mass is 591 g/mol. The number of hydrogen-bond donors (Lipinski definition) is 4. The van der Waals surface area contributed by atoms with Crippen LogP contribution in [-0.2, 0) is 37.4 Å². The van der Waals surface area contributed by atoms with Gasteiger partial charge in [-0.2, -0.15) is 12.6 Å². The molecule has 0 fully saturated rings. The number of benzene rings is 3. The zero-order valence-electron chi connectivity index (χ0n) is 20.9. The summed E-state index contributed by atoms with van der Waals surface area (Å²) in [4.78, 5) is 36.1. The number of hydrogen-bond acceptors (Lipinski definition) is 6. The van der Waals surface area contributed by atoms with E-state index >= 15 is 0 Å². The summed E-state index contributed by atoms with van der Waals surface area (Å²) in [6, 6.07) is 17.2. The summed E-state index contributed by atoms with van der Waals surface area (Å²) in [5, 5.41) is 5.47. The van der Waals surface area contributed by atoms with E-state index in [1.807, 2.05) is 4.72 Å². The molecule has 39 heavy (non-hydrogen) atoms. The van der Waals surface area contributed by atoms with Crippen molar-refractivity contribution in [3.05, 3.63) is 88.7 Å². The zero-order valence-corrected chi connectivity index (χ0v) is 23.4. The normalized spacial score (nSPS) is 11.9. The fourth-order valence-corrected chi connectivity index (χ4v) is 5.61. The number of amides is 3. The molecule has 0 aliphatic carbocycles. The average Bonchev–Trinajstić information content (AvgIpc) is 2.89. The van der Waals surface area contributed by atoms with Crippen molar-refractivity contribution in [1.82, 2.24) is 15.4 Å². The third-order valence-corrected chi connectivity index (χ3v) is 7.95. The Hall–Kier alpha value is -3.41. The lowest BCUT2D eigenvalue weighted by Crippen LogP contribution is -2.40. The van der Waals surface area contributed by atoms with Crippen molar-refractivity contribution in [2.24, 2.45) is 5.92 Å². The van der Waals surface area contributed by atoms with E-state index < -0.39 is 39.5 Å². The number of carbonyl (C=O) groups is 3. The summed E-state index contributed by atoms with van der Waals surface area (Å²) < 4.78 is 41.1. The van der Waals surface area contributed by atoms with E-state index in [0.717, 1.165) is 6.92 Å². The van der Waals surface area contributed by atoms with E-state index in [1.54, 1.807) is 48.5 Å². The molecule has 0 spiro atoms. The highest BCUT2D eigenvalue weighted by molar-refractivity contribution is 7.90. The van der Waals surface area contributed by atoms with Crippen LogP contribution in [0.5, 0.6) is 0 Å². The van der Waals surface area contributed by atoms with Gasteiger partial charge >= 0.3 is 0 Å². The Morgan fingerprint density at radius 3 is 2.33 bits per heavy atom. The van der Waals surface area contributed by atoms with E-state index in [2.05, 4.69) is 23.3 Å². The van der Waals surface area contributed by atoms with Gasteiger partial charge < -0.3 is 10.6 Å². The summed E-state index contributed by atoms with van der Waals surface area (Å²) in [6.07, 6.45) is 0.156. The molecule has 3 N–H and O–H groups in total. The number of halogens is 2. The van der Waals surface area contributed by atoms with Gasteiger partial charge in [0.05, 0.1) is 17.4 Å². The van der Waals surface area contributed by atoms with Gasteiger partial charge in [-0.3, -0.25) is 14.4 Å². The van der Waals surface area contributed by atoms with E-state index in [-0.39, 0.29) is 35.2 Å². The summed E-state index contributed by atoms with van der Waals surface area (Å²) in [7, 11) is -4.10. The highest BCUT2D eigenvalue weighted by Gasteiger charge is 2.22. The Labute approximate surface area is 236 Å². The van der Waals surface area contributed by atoms with Crippen LogP contribution in [0.15, 0.2) is 71.6 Å². The van der Waals surface area contributed by atoms with Gasteiger partial charge in [0.2, 0.25) is 17.7 Å². The molecule has 0 aromatic heterocycles. The van der Waals surface area contributed by atoms with Crippen molar-refractivity contribution in [2.75, 3.05) is 12.3 Å². The second kappa shape index (κ2) is 13.6. The minimum atomic E-state index is -4.10. The summed E-state index contributed by atoms with van der Waals surface area (Å²) in [5.41, 5.74) is 1.77. The Morgan fingerprint density at radius 2 is 1.67 bits per heavy atom. The van der Waals surface area contributed by atoms with Gasteiger partial charge in [0.15, 0.2) is 0 Å². The highest BCUT2D eigenvalue weighted by Crippen LogP contribution is 2.33. The second-order valence-electron chi connectivity index (χ2n) is 8.64. The van der Waals surface area contributed by atoms with Crippen LogP contribution in [-0.4, -0.2) is 38.4 Å². The molecule has 3 amide bonds. The summed E-state index contributed by atoms with van der Waals surface area (Å²) in [5.74, 6) is -2.41. The van der Waals surface area contributed by atoms with Gasteiger partial charge in [-0.15, -0.1) is 0 Å². The largest absolute Gasteiger partial charge is 0.350 e. The molecule has 1 atom stereocenters. The molecule has 0 unspecified atom stereocenters. The van der Waals surface area contributed by atoms with Crippen LogP contribution in [0.1, 0.15) is 18.1 Å². The molecule has 0 saturated carbocycles. The quantitative estimate of drug-likeness (QED) is 0.254. The van der Waals surface area contributed by atoms with Crippen molar-refractivity contribution in [3.63, 3.8) is 0 Å². The van der Waals surface area contributed by atoms with Crippen LogP contribution in [0, 0.1) is 11.7 Å². The van der Waals surface area contributed by atoms with E-state index in [1.165, 1.54) is 18.2 Å². The molecule has 0 bridgehead atoms. The molecule has 0 saturated heterocycles. The van der Waals surface area contributed by atoms with Gasteiger partial charge in [0, 0.05) is 35.4 Å². The van der Waals surface area contributed by atoms with Gasteiger partial charge in [-0.25, -0.2) is 17.5 Å². The average molecular weight is 592 g/mol. The summed E-state index contributed by atoms with van der Waals surface area (Å²) in [6.45, 7) is 0.929. The van der Waals surface area contributed by atoms with Crippen LogP contribution >= 0.6 is 24.2 Å². The lowest BCUT2D eigenvalue weighted by molar-refractivity contribution is -0.128. The standard InChI is InChI=1S/C27H27ClFN3O5S2/c1-17(33)32-39(36,37)25-9-5-3-7-22(25)21-11-10-18(12-23(21)28)14-30-26(34)15-31-27(35)20(16-38)13-19-6-2-4-8-24(19)29/h2-12,20,38H,13-16H2,1H3,(H,30,34)(H,31,35)(H,32,33)/t20-/m1/s1. The van der Waals surface area contributed by atoms with Gasteiger partial charge in [0.25, 0.3) is 10.0 Å². The molecule has 0 aliphatic heterocycles. The lowest BCUT2D eigenvalue weighted by atomic mass is 10.00. The van der Waals surface area contributed by atoms with Crippen LogP contribution in [0.3, 0.4) is 0 Å². The molecular formula is C27H27ClFN3O5S2. The number of sulfonamides is 1. The fourth-order valence-electron chi connectivity index (χ4n) is 3.80. The number of carbonyl (C=O) groups excluding carboxylic acids is 3. The molecule has 0 heterocycles. The lowest BCUT2D eigenvalue weighted by Gasteiger charge is -2.15. The molecular weight excluding hydrogens is 565 g/mol. The van der Waals surface area contributed by atoms with Crippen molar-refractivity contribution in [1.29, 1.82) is 0 Å². The molecule has 0 radical (unpaired) electrons. The maximum Gasteiger partial charge on any atom is 0.264 e. The number of rotatable bonds is 11. The Morgan fingerprint density at radius 1 is 0.974 bits per heavy atom. The van der Waals surface area contributed by atoms with Gasteiger partial charge in [-0.05, 0) is 35.7 Å². The number of thiol groups is 1. The van der Waals surface area contributed by atoms with Crippen LogP contribution in [0.4, 0.5) is 4.39 Å². The molecule has 3 rings (SSSR count). The minimum Gasteiger partial charge on any atom is -0.350 e. The van der Waals surface area contributed by atoms with E-state index in [0.29, 0.717) is 22.3 Å². The Kier molecular flexibility index (Phi) is 10.5. The van der Waals surface area contributed by atoms with Gasteiger partial charge in [-0.1, -0.05) is 60.1 Å². The molecule has 8 nitrogen and oxygen atoms in total. The molecule has 206 valence electrons. The SMILES string of the molecule is CC(=O)NS(=O)(=O)c1ccccc1-c1ccc(CNC(=O)CNC(=O)[C@@H](CS)Cc2ccccc2F)cc1Cl. The highest BCUT2D eigenvalue weighted by atomic mass is 35.5. The van der Waals surface area contributed by atoms with Crippen molar-refractivity contribution < 1.29 is 27.2 Å². The van der Waals surface area contributed by atoms with Crippen molar-refractivity contribution >= 4 is 52.0 Å². The predicted octanol–water partition coefficient (Wildman–Crippen LogP) is 3.49. The van der Waals surface area contributed by atoms with Crippen molar-refractivity contribution in [2.45, 2.75) is 24.8 Å². The first kappa shape index (κ1) is 30.1. The minimum absolute atomic E-state index is 0.103. The molecule has 3 aromatic carbocycles. The van der Waals surface area contributed by atoms with E-state index in [9.17, 15) is 27.2 Å². The van der Waals surface area contributed by atoms with Crippen LogP contribution < -0.4 is 15.4 Å². The maximum atomic E-state index is 13.9. The van der Waals surface area contributed by atoms with Crippen LogP contribution in [0.25, 0.3) is 11.1 Å². The van der Waals surface area contributed by atoms with E-state index in [4.69, 9.17) is 11.6 Å². The molecule has 3 aromatic rings. The first-order valence-corrected chi connectivity index (χ1v) is 14.3. The third-order valence-electron chi connectivity index (χ3n) is 5.71. The molecule has 0 aliphatic rings. The summed E-state index contributed by atoms with van der Waals surface area (Å²) >= 11 is 10.6. The second-order valence-corrected chi connectivity index (χ2v) is 11.1. The fraction of sp³-hybridized carbons (Fsp3) is 0.222. The predicted molar refractivity (Wildman–Crippen MR) is 150 cm³/mol. The number of nitrogens with one attached hydrogen (secondary N) is 3. The first-order valence-electron chi connectivity index (χ1n) is 11.8. The zero-order chi connectivity index (χ0) is 28.6. The first-order chi connectivity index (χ1) is 18.5.